The second-order valence-electron chi connectivity index (χ2n) is 5.88. The van der Waals surface area contributed by atoms with Crippen LogP contribution in [0.15, 0.2) is 30.5 Å². The van der Waals surface area contributed by atoms with Gasteiger partial charge in [-0.1, -0.05) is 19.9 Å². The quantitative estimate of drug-likeness (QED) is 0.776. The highest BCUT2D eigenvalue weighted by atomic mass is 35.5. The first kappa shape index (κ1) is 14.9. The largest absolute Gasteiger partial charge is 0.508 e. The summed E-state index contributed by atoms with van der Waals surface area (Å²) >= 11 is 5.76. The van der Waals surface area contributed by atoms with Crippen LogP contribution in [0.4, 0.5) is 5.82 Å². The Kier molecular flexibility index (Phi) is 4.71. The van der Waals surface area contributed by atoms with Gasteiger partial charge in [-0.2, -0.15) is 0 Å². The maximum atomic E-state index is 9.63. The van der Waals surface area contributed by atoms with Gasteiger partial charge in [0.2, 0.25) is 0 Å². The molecule has 2 N–H and O–H groups in total. The van der Waals surface area contributed by atoms with Crippen molar-refractivity contribution in [2.75, 3.05) is 17.7 Å². The Morgan fingerprint density at radius 3 is 2.85 bits per heavy atom. The number of phenolic OH excluding ortho intramolecular Hbond substituents is 1. The maximum absolute atomic E-state index is 9.63. The molecule has 1 heterocycles. The molecule has 0 saturated carbocycles. The highest BCUT2D eigenvalue weighted by molar-refractivity contribution is 6.17. The van der Waals surface area contributed by atoms with Crippen molar-refractivity contribution in [3.05, 3.63) is 30.5 Å². The van der Waals surface area contributed by atoms with E-state index in [0.717, 1.165) is 36.0 Å². The predicted octanol–water partition coefficient (Wildman–Crippen LogP) is 4.40. The maximum Gasteiger partial charge on any atom is 0.133 e. The molecule has 20 heavy (non-hydrogen) atoms. The SMILES string of the molecule is CC(C)(CCCCl)CNc1nccc2ccc(O)cc12. The smallest absolute Gasteiger partial charge is 0.133 e. The summed E-state index contributed by atoms with van der Waals surface area (Å²) in [4.78, 5) is 4.38. The molecule has 0 fully saturated rings. The highest BCUT2D eigenvalue weighted by Crippen LogP contribution is 2.27. The minimum absolute atomic E-state index is 0.162. The van der Waals surface area contributed by atoms with Crippen molar-refractivity contribution < 1.29 is 5.11 Å². The highest BCUT2D eigenvalue weighted by Gasteiger charge is 2.17. The molecule has 0 aliphatic carbocycles. The van der Waals surface area contributed by atoms with Crippen molar-refractivity contribution >= 4 is 28.2 Å². The average molecular weight is 293 g/mol. The zero-order valence-corrected chi connectivity index (χ0v) is 12.7. The number of aromatic hydroxyl groups is 1. The monoisotopic (exact) mass is 292 g/mol. The molecule has 1 aromatic heterocycles. The van der Waals surface area contributed by atoms with E-state index in [1.165, 1.54) is 0 Å². The third kappa shape index (κ3) is 3.76. The fourth-order valence-corrected chi connectivity index (χ4v) is 2.39. The third-order valence-electron chi connectivity index (χ3n) is 3.47. The number of hydrogen-bond acceptors (Lipinski definition) is 3. The molecule has 0 unspecified atom stereocenters. The lowest BCUT2D eigenvalue weighted by Crippen LogP contribution is -2.23. The van der Waals surface area contributed by atoms with E-state index in [0.29, 0.717) is 5.88 Å². The van der Waals surface area contributed by atoms with Crippen LogP contribution < -0.4 is 5.32 Å². The Morgan fingerprint density at radius 2 is 2.10 bits per heavy atom. The number of nitrogens with one attached hydrogen (secondary N) is 1. The lowest BCUT2D eigenvalue weighted by molar-refractivity contribution is 0.355. The van der Waals surface area contributed by atoms with Gasteiger partial charge in [0.25, 0.3) is 0 Å². The third-order valence-corrected chi connectivity index (χ3v) is 3.74. The first-order valence-corrected chi connectivity index (χ1v) is 7.43. The normalized spacial score (nSPS) is 11.8. The molecular formula is C16H21ClN2O. The molecule has 0 aliphatic heterocycles. The summed E-state index contributed by atoms with van der Waals surface area (Å²) < 4.78 is 0. The second kappa shape index (κ2) is 6.31. The van der Waals surface area contributed by atoms with Crippen LogP contribution in [-0.4, -0.2) is 22.5 Å². The van der Waals surface area contributed by atoms with E-state index >= 15 is 0 Å². The summed E-state index contributed by atoms with van der Waals surface area (Å²) in [6, 6.07) is 7.28. The summed E-state index contributed by atoms with van der Waals surface area (Å²) in [5.41, 5.74) is 0.162. The van der Waals surface area contributed by atoms with Gasteiger partial charge in [-0.05, 0) is 41.8 Å². The zero-order chi connectivity index (χ0) is 14.6. The molecule has 0 atom stereocenters. The van der Waals surface area contributed by atoms with Crippen molar-refractivity contribution in [1.29, 1.82) is 0 Å². The number of aromatic nitrogens is 1. The van der Waals surface area contributed by atoms with Gasteiger partial charge in [0.1, 0.15) is 11.6 Å². The van der Waals surface area contributed by atoms with Gasteiger partial charge in [0.05, 0.1) is 0 Å². The number of phenols is 1. The van der Waals surface area contributed by atoms with Gasteiger partial charge in [0.15, 0.2) is 0 Å². The molecule has 0 aliphatic rings. The number of fused-ring (bicyclic) bond motifs is 1. The van der Waals surface area contributed by atoms with Gasteiger partial charge in [-0.15, -0.1) is 11.6 Å². The minimum atomic E-state index is 0.162. The van der Waals surface area contributed by atoms with E-state index < -0.39 is 0 Å². The van der Waals surface area contributed by atoms with Crippen LogP contribution in [0.25, 0.3) is 10.8 Å². The fourth-order valence-electron chi connectivity index (χ4n) is 2.25. The van der Waals surface area contributed by atoms with Gasteiger partial charge in [-0.25, -0.2) is 4.98 Å². The summed E-state index contributed by atoms with van der Waals surface area (Å²) in [5, 5.41) is 15.0. The number of rotatable bonds is 6. The van der Waals surface area contributed by atoms with Crippen molar-refractivity contribution in [3.63, 3.8) is 0 Å². The number of halogens is 1. The molecule has 0 amide bonds. The Labute approximate surface area is 125 Å². The van der Waals surface area contributed by atoms with Crippen LogP contribution in [0.5, 0.6) is 5.75 Å². The number of anilines is 1. The van der Waals surface area contributed by atoms with Crippen LogP contribution in [-0.2, 0) is 0 Å². The Balaban J connectivity index is 2.15. The molecule has 4 heteroatoms. The van der Waals surface area contributed by atoms with Crippen LogP contribution in [0.2, 0.25) is 0 Å². The van der Waals surface area contributed by atoms with Crippen LogP contribution in [0, 0.1) is 5.41 Å². The van der Waals surface area contributed by atoms with E-state index in [9.17, 15) is 5.11 Å². The van der Waals surface area contributed by atoms with Gasteiger partial charge < -0.3 is 10.4 Å². The molecular weight excluding hydrogens is 272 g/mol. The van der Waals surface area contributed by atoms with Gasteiger partial charge >= 0.3 is 0 Å². The summed E-state index contributed by atoms with van der Waals surface area (Å²) in [6.45, 7) is 5.26. The van der Waals surface area contributed by atoms with E-state index in [-0.39, 0.29) is 11.2 Å². The number of nitrogens with zero attached hydrogens (tertiary/aromatic N) is 1. The Morgan fingerprint density at radius 1 is 1.30 bits per heavy atom. The van der Waals surface area contributed by atoms with Crippen molar-refractivity contribution in [2.24, 2.45) is 5.41 Å². The lowest BCUT2D eigenvalue weighted by atomic mass is 9.88. The topological polar surface area (TPSA) is 45.2 Å². The molecule has 0 saturated heterocycles. The molecule has 0 spiro atoms. The van der Waals surface area contributed by atoms with E-state index in [4.69, 9.17) is 11.6 Å². The number of benzene rings is 1. The second-order valence-corrected chi connectivity index (χ2v) is 6.25. The lowest BCUT2D eigenvalue weighted by Gasteiger charge is -2.25. The Hall–Kier alpha value is -1.48. The molecule has 0 radical (unpaired) electrons. The Bertz CT molecular complexity index is 584. The summed E-state index contributed by atoms with van der Waals surface area (Å²) in [5.74, 6) is 1.77. The fraction of sp³-hybridized carbons (Fsp3) is 0.438. The van der Waals surface area contributed by atoms with Crippen molar-refractivity contribution in [3.8, 4) is 5.75 Å². The van der Waals surface area contributed by atoms with Gasteiger partial charge in [-0.3, -0.25) is 0 Å². The molecule has 1 aromatic carbocycles. The number of pyridine rings is 1. The molecule has 3 nitrogen and oxygen atoms in total. The van der Waals surface area contributed by atoms with E-state index in [1.807, 2.05) is 12.1 Å². The van der Waals surface area contributed by atoms with Crippen LogP contribution in [0.1, 0.15) is 26.7 Å². The molecule has 2 aromatic rings. The van der Waals surface area contributed by atoms with Crippen molar-refractivity contribution in [1.82, 2.24) is 4.98 Å². The van der Waals surface area contributed by atoms with E-state index in [2.05, 4.69) is 24.1 Å². The predicted molar refractivity (Wildman–Crippen MR) is 85.6 cm³/mol. The minimum Gasteiger partial charge on any atom is -0.508 e. The van der Waals surface area contributed by atoms with Gasteiger partial charge in [0, 0.05) is 24.0 Å². The average Bonchev–Trinajstić information content (AvgIpc) is 2.43. The van der Waals surface area contributed by atoms with E-state index in [1.54, 1.807) is 18.3 Å². The van der Waals surface area contributed by atoms with Crippen molar-refractivity contribution in [2.45, 2.75) is 26.7 Å². The standard InChI is InChI=1S/C16H21ClN2O/c1-16(2,7-3-8-17)11-19-15-14-10-13(20)5-4-12(14)6-9-18-15/h4-6,9-10,20H,3,7-8,11H2,1-2H3,(H,18,19). The molecule has 2 rings (SSSR count). The number of alkyl halides is 1. The first-order chi connectivity index (χ1) is 9.52. The summed E-state index contributed by atoms with van der Waals surface area (Å²) in [6.07, 6.45) is 3.87. The molecule has 0 bridgehead atoms. The summed E-state index contributed by atoms with van der Waals surface area (Å²) in [7, 11) is 0. The molecule has 108 valence electrons. The van der Waals surface area contributed by atoms with Crippen LogP contribution in [0.3, 0.4) is 0 Å². The van der Waals surface area contributed by atoms with Crippen LogP contribution >= 0.6 is 11.6 Å². The first-order valence-electron chi connectivity index (χ1n) is 6.89. The zero-order valence-electron chi connectivity index (χ0n) is 12.0. The number of hydrogen-bond donors (Lipinski definition) is 2.